The van der Waals surface area contributed by atoms with Crippen molar-refractivity contribution in [3.05, 3.63) is 137 Å². The van der Waals surface area contributed by atoms with Crippen LogP contribution in [0.25, 0.3) is 44.6 Å². The Morgan fingerprint density at radius 2 is 0.893 bits per heavy atom. The molecule has 5 saturated heterocycles. The number of carbonyl (C=O) groups excluding carboxylic acids is 8. The first-order valence-electron chi connectivity index (χ1n) is 42.3. The molecule has 6 aromatic rings. The standard InChI is InChI=1S/C41H51N7O6.C29H40BN3O5.C20H25BrN4O3.CH4/c1-22(2)34(45-40(51)53-5)38(49)47-17-7-8-33(47)37-43-30-16-14-26(19-31(30)44-37)24-9-11-25(12-10-24)28-20-32(42-21-28)36-27-13-15-29(18-27)48(36)39(50)35(23(3)4)46-41(52)54-6;1-17(2)24(32-27(35)36-7)26(34)33-22-13-10-19(14-22)25(33)23-15-20(16-31-23)18-8-11-21(12-9-18)30-37-28(3,4)29(5,6)38-30;1-12(2)17(24-20(27)28-3)19(26)25-10-4-5-16(25)18-22-11-15(23-18)13-6-8-14(21)9-7-13;/h9-12,14,16,19,21-23,27,29,33-36H,7-8,13,15,17-18,20H2,1-6H3,(H,43,44)(H,45,51)(H,46,52);8-9,11-12,16-17,19,22,24-25H,10,13-15H2,1-7H3,(H,32,35);6-9,11-12,16-17H,4-5,10H2,1-3H3,(H,22,23)(H,24,27);1H4/t27?,29?,33-,34-,35-,36?;19?,22?,24-,25?;16-,17-;/m000./s1. The number of hydrogen-bond acceptors (Lipinski definition) is 18. The number of rotatable bonds is 21. The summed E-state index contributed by atoms with van der Waals surface area (Å²) in [5.74, 6) is 1.65. The highest BCUT2D eigenvalue weighted by Gasteiger charge is 2.55. The van der Waals surface area contributed by atoms with E-state index in [1.165, 1.54) is 28.4 Å². The minimum atomic E-state index is -0.689. The van der Waals surface area contributed by atoms with Crippen LogP contribution < -0.4 is 26.7 Å². The molecule has 9 heterocycles. The van der Waals surface area contributed by atoms with Gasteiger partial charge in [-0.2, -0.15) is 0 Å². The van der Waals surface area contributed by atoms with Gasteiger partial charge in [0, 0.05) is 66.3 Å². The van der Waals surface area contributed by atoms with Gasteiger partial charge in [-0.05, 0) is 196 Å². The molecule has 7 fully saturated rings. The summed E-state index contributed by atoms with van der Waals surface area (Å²) in [7, 11) is 4.83. The van der Waals surface area contributed by atoms with E-state index in [0.717, 1.165) is 153 Å². The highest BCUT2D eigenvalue weighted by molar-refractivity contribution is 9.10. The van der Waals surface area contributed by atoms with Crippen molar-refractivity contribution in [2.24, 2.45) is 45.5 Å². The molecule has 28 nitrogen and oxygen atoms in total. The Balaban J connectivity index is 0.000000175. The van der Waals surface area contributed by atoms with Crippen molar-refractivity contribution in [2.75, 3.05) is 41.5 Å². The smallest absolute Gasteiger partial charge is 0.453 e. The predicted molar refractivity (Wildman–Crippen MR) is 470 cm³/mol. The number of carbonyl (C=O) groups is 8. The van der Waals surface area contributed by atoms with Crippen molar-refractivity contribution < 1.29 is 66.6 Å². The summed E-state index contributed by atoms with van der Waals surface area (Å²) in [4.78, 5) is 136. The molecule has 6 unspecified atom stereocenters. The largest absolute Gasteiger partial charge is 0.494 e. The lowest BCUT2D eigenvalue weighted by atomic mass is 9.78. The minimum absolute atomic E-state index is 0. The van der Waals surface area contributed by atoms with Gasteiger partial charge >= 0.3 is 31.5 Å². The van der Waals surface area contributed by atoms with E-state index in [0.29, 0.717) is 37.8 Å². The number of alkyl carbamates (subject to hydrolysis) is 4. The number of nitrogens with one attached hydrogen (secondary N) is 6. The number of allylic oxidation sites excluding steroid dienone is 2. The van der Waals surface area contributed by atoms with E-state index in [9.17, 15) is 38.4 Å². The zero-order valence-electron chi connectivity index (χ0n) is 71.8. The number of methoxy groups -OCH3 is 4. The number of piperidine rings is 2. The number of ether oxygens (including phenoxy) is 4. The Labute approximate surface area is 719 Å². The van der Waals surface area contributed by atoms with Crippen molar-refractivity contribution in [3.8, 4) is 22.4 Å². The lowest BCUT2D eigenvalue weighted by Gasteiger charge is -2.38. The van der Waals surface area contributed by atoms with Gasteiger partial charge in [-0.1, -0.05) is 145 Å². The molecule has 0 radical (unpaired) electrons. The van der Waals surface area contributed by atoms with Gasteiger partial charge in [0.15, 0.2) is 0 Å². The second-order valence-corrected chi connectivity index (χ2v) is 36.3. The molecular weight excluding hydrogens is 1600 g/mol. The third-order valence-electron chi connectivity index (χ3n) is 25.8. The van der Waals surface area contributed by atoms with Crippen LogP contribution in [0.4, 0.5) is 19.2 Å². The van der Waals surface area contributed by atoms with E-state index in [1.54, 1.807) is 6.20 Å². The van der Waals surface area contributed by atoms with E-state index in [4.69, 9.17) is 38.5 Å². The number of imidazole rings is 2. The van der Waals surface area contributed by atoms with Crippen LogP contribution >= 0.6 is 15.9 Å². The molecule has 7 aliphatic heterocycles. The maximum absolute atomic E-state index is 13.9. The maximum Gasteiger partial charge on any atom is 0.494 e. The van der Waals surface area contributed by atoms with Crippen LogP contribution in [-0.2, 0) is 47.4 Å². The number of aromatic nitrogens is 4. The fourth-order valence-electron chi connectivity index (χ4n) is 18.5. The van der Waals surface area contributed by atoms with Crippen molar-refractivity contribution in [3.63, 3.8) is 0 Å². The first kappa shape index (κ1) is 90.0. The van der Waals surface area contributed by atoms with Crippen LogP contribution in [0.2, 0.25) is 0 Å². The Kier molecular flexibility index (Phi) is 28.3. The highest BCUT2D eigenvalue weighted by atomic mass is 79.9. The van der Waals surface area contributed by atoms with Gasteiger partial charge < -0.3 is 79.1 Å². The molecule has 2 aromatic heterocycles. The normalized spacial score (nSPS) is 23.2. The average molecular weight is 1720 g/mol. The lowest BCUT2D eigenvalue weighted by Crippen LogP contribution is -2.57. The third-order valence-corrected chi connectivity index (χ3v) is 26.3. The number of aromatic amines is 2. The summed E-state index contributed by atoms with van der Waals surface area (Å²) in [6.07, 6.45) is 14.2. The molecule has 2 aliphatic carbocycles. The molecular formula is C91H120BBrN14O14. The molecule has 2 saturated carbocycles. The monoisotopic (exact) mass is 1720 g/mol. The molecule has 12 atom stereocenters. The molecule has 6 N–H and O–H groups in total. The van der Waals surface area contributed by atoms with Crippen molar-refractivity contribution in [1.82, 2.24) is 60.8 Å². The summed E-state index contributed by atoms with van der Waals surface area (Å²) >= 11 is 3.44. The molecule has 9 aliphatic rings. The van der Waals surface area contributed by atoms with Gasteiger partial charge in [-0.25, -0.2) is 29.1 Å². The minimum Gasteiger partial charge on any atom is -0.453 e. The number of aliphatic imine (C=N–C) groups is 2. The van der Waals surface area contributed by atoms with Crippen LogP contribution in [0.5, 0.6) is 0 Å². The number of nitrogens with zero attached hydrogens (tertiary/aromatic N) is 8. The van der Waals surface area contributed by atoms with Gasteiger partial charge in [0.1, 0.15) is 35.8 Å². The number of halogens is 1. The number of hydrogen-bond donors (Lipinski definition) is 6. The van der Waals surface area contributed by atoms with Crippen molar-refractivity contribution in [1.29, 1.82) is 0 Å². The topological polar surface area (TPSA) is 335 Å². The molecule has 15 rings (SSSR count). The first-order valence-corrected chi connectivity index (χ1v) is 43.1. The molecule has 4 aromatic carbocycles. The van der Waals surface area contributed by atoms with E-state index in [-0.39, 0.29) is 109 Å². The lowest BCUT2D eigenvalue weighted by molar-refractivity contribution is -0.138. The Hall–Kier alpha value is -10.2. The van der Waals surface area contributed by atoms with Crippen LogP contribution in [0.1, 0.15) is 202 Å². The van der Waals surface area contributed by atoms with Crippen LogP contribution in [0.15, 0.2) is 124 Å². The maximum atomic E-state index is 13.9. The van der Waals surface area contributed by atoms with E-state index < -0.39 is 48.5 Å². The molecule has 648 valence electrons. The van der Waals surface area contributed by atoms with Gasteiger partial charge in [-0.15, -0.1) is 0 Å². The number of fused-ring (bicyclic) bond motifs is 5. The van der Waals surface area contributed by atoms with Crippen LogP contribution in [0.3, 0.4) is 0 Å². The second kappa shape index (κ2) is 38.1. The fourth-order valence-corrected chi connectivity index (χ4v) is 18.8. The number of benzene rings is 4. The highest BCUT2D eigenvalue weighted by Crippen LogP contribution is 2.48. The molecule has 0 spiro atoms. The number of likely N-dealkylation sites (tertiary alicyclic amines) is 4. The molecule has 30 heteroatoms. The third kappa shape index (κ3) is 19.4. The predicted octanol–water partition coefficient (Wildman–Crippen LogP) is 14.7. The summed E-state index contributed by atoms with van der Waals surface area (Å²) in [6, 6.07) is 28.3. The average Bonchev–Trinajstić information content (AvgIpc) is 1.60. The Bertz CT molecular complexity index is 4890. The van der Waals surface area contributed by atoms with Gasteiger partial charge in [0.2, 0.25) is 23.6 Å². The number of amides is 8. The van der Waals surface area contributed by atoms with Crippen molar-refractivity contribution in [2.45, 2.75) is 239 Å². The Morgan fingerprint density at radius 3 is 1.32 bits per heavy atom. The van der Waals surface area contributed by atoms with Gasteiger partial charge in [0.25, 0.3) is 0 Å². The molecule has 4 bridgehead atoms. The van der Waals surface area contributed by atoms with Crippen LogP contribution in [0, 0.1) is 35.5 Å². The second-order valence-electron chi connectivity index (χ2n) is 35.4. The zero-order chi connectivity index (χ0) is 85.9. The quantitative estimate of drug-likeness (QED) is 0.0288. The van der Waals surface area contributed by atoms with E-state index >= 15 is 0 Å². The van der Waals surface area contributed by atoms with E-state index in [1.807, 2.05) is 118 Å². The van der Waals surface area contributed by atoms with Crippen molar-refractivity contribution >= 4 is 110 Å². The van der Waals surface area contributed by atoms with E-state index in [2.05, 4.69) is 145 Å². The molecule has 8 amide bonds. The van der Waals surface area contributed by atoms with Crippen LogP contribution in [-0.4, -0.2) is 207 Å². The summed E-state index contributed by atoms with van der Waals surface area (Å²) in [6.45, 7) is 24.9. The number of H-pyrrole nitrogens is 2. The fraction of sp³-hybridized carbons (Fsp3) is 0.538. The SMILES string of the molecule is C.COC(=O)N[C@H](C(=O)N1C2CCC(C2)C1C1=NC=C(c2ccc(-c3ccc4nc([C@@H]5CCCN5C(=O)[C@@H](NC(=O)OC)C(C)C)[nH]c4c3)cc2)C1)C(C)C.COC(=O)N[C@H](C(=O)N1C2CCC(C2)C1C1=NC=C(c2ccc(B3OC(C)(C)C(C)(C)O3)cc2)C1)C(C)C.COC(=O)N[C@H](C(=O)N1CCC[C@H]1c1ncc(-c2ccc(Br)cc2)[nH]1)C(C)C. The first-order chi connectivity index (χ1) is 57.3. The summed E-state index contributed by atoms with van der Waals surface area (Å²) < 4.78 is 32.5. The molecule has 121 heavy (non-hydrogen) atoms. The summed E-state index contributed by atoms with van der Waals surface area (Å²) in [5, 5.41) is 10.9. The zero-order valence-corrected chi connectivity index (χ0v) is 73.4. The summed E-state index contributed by atoms with van der Waals surface area (Å²) in [5.41, 5.74) is 12.5. The van der Waals surface area contributed by atoms with Gasteiger partial charge in [-0.3, -0.25) is 29.2 Å². The Morgan fingerprint density at radius 1 is 0.496 bits per heavy atom. The van der Waals surface area contributed by atoms with Gasteiger partial charge in [0.05, 0.1) is 86.7 Å².